The number of amides is 1. The molecule has 0 atom stereocenters. The van der Waals surface area contributed by atoms with E-state index in [0.717, 1.165) is 28.2 Å². The van der Waals surface area contributed by atoms with E-state index in [2.05, 4.69) is 29.8 Å². The highest BCUT2D eigenvalue weighted by Gasteiger charge is 2.12. The van der Waals surface area contributed by atoms with Crippen molar-refractivity contribution in [1.82, 2.24) is 14.9 Å². The minimum absolute atomic E-state index is 0.120. The number of nitrogens with one attached hydrogen (secondary N) is 1. The average Bonchev–Trinajstić information content (AvgIpc) is 3.05. The predicted molar refractivity (Wildman–Crippen MR) is 109 cm³/mol. The van der Waals surface area contributed by atoms with Gasteiger partial charge in [-0.3, -0.25) is 4.79 Å². The SMILES string of the molecule is COc1cccc(/C=C/C(=O)NCCc2nc3ccccc3n2C(C)C)c1. The van der Waals surface area contributed by atoms with Crippen LogP contribution in [0.15, 0.2) is 54.6 Å². The summed E-state index contributed by atoms with van der Waals surface area (Å²) in [4.78, 5) is 16.8. The van der Waals surface area contributed by atoms with Gasteiger partial charge in [-0.25, -0.2) is 4.98 Å². The number of aromatic nitrogens is 2. The van der Waals surface area contributed by atoms with Gasteiger partial charge in [0.05, 0.1) is 18.1 Å². The molecule has 27 heavy (non-hydrogen) atoms. The minimum Gasteiger partial charge on any atom is -0.497 e. The largest absolute Gasteiger partial charge is 0.497 e. The minimum atomic E-state index is -0.120. The molecular formula is C22H25N3O2. The lowest BCUT2D eigenvalue weighted by Gasteiger charge is -2.13. The number of benzene rings is 2. The Bertz CT molecular complexity index is 957. The van der Waals surface area contributed by atoms with Gasteiger partial charge in [-0.15, -0.1) is 0 Å². The molecule has 2 aromatic carbocycles. The van der Waals surface area contributed by atoms with E-state index in [9.17, 15) is 4.79 Å². The van der Waals surface area contributed by atoms with E-state index >= 15 is 0 Å². The van der Waals surface area contributed by atoms with Gasteiger partial charge in [0, 0.05) is 25.1 Å². The van der Waals surface area contributed by atoms with Gasteiger partial charge in [0.25, 0.3) is 0 Å². The van der Waals surface area contributed by atoms with E-state index < -0.39 is 0 Å². The van der Waals surface area contributed by atoms with Crippen molar-refractivity contribution in [3.63, 3.8) is 0 Å². The second kappa shape index (κ2) is 8.54. The number of methoxy groups -OCH3 is 1. The maximum atomic E-state index is 12.1. The fraction of sp³-hybridized carbons (Fsp3) is 0.273. The highest BCUT2D eigenvalue weighted by Crippen LogP contribution is 2.21. The third kappa shape index (κ3) is 4.56. The molecular weight excluding hydrogens is 338 g/mol. The molecule has 0 fully saturated rings. The van der Waals surface area contributed by atoms with Crippen LogP contribution >= 0.6 is 0 Å². The number of fused-ring (bicyclic) bond motifs is 1. The quantitative estimate of drug-likeness (QED) is 0.646. The molecule has 0 aliphatic rings. The van der Waals surface area contributed by atoms with Crippen LogP contribution in [0, 0.1) is 0 Å². The molecule has 0 spiro atoms. The van der Waals surface area contributed by atoms with Crippen LogP contribution in [0.1, 0.15) is 31.3 Å². The Morgan fingerprint density at radius 3 is 2.81 bits per heavy atom. The zero-order valence-electron chi connectivity index (χ0n) is 16.0. The van der Waals surface area contributed by atoms with Crippen molar-refractivity contribution < 1.29 is 9.53 Å². The molecule has 1 N–H and O–H groups in total. The number of carbonyl (C=O) groups is 1. The number of hydrogen-bond donors (Lipinski definition) is 1. The Labute approximate surface area is 159 Å². The maximum absolute atomic E-state index is 12.1. The molecule has 0 aliphatic carbocycles. The van der Waals surface area contributed by atoms with Gasteiger partial charge in [0.2, 0.25) is 5.91 Å². The average molecular weight is 363 g/mol. The van der Waals surface area contributed by atoms with Gasteiger partial charge < -0.3 is 14.6 Å². The molecule has 140 valence electrons. The summed E-state index contributed by atoms with van der Waals surface area (Å²) in [6, 6.07) is 16.0. The van der Waals surface area contributed by atoms with Crippen LogP contribution < -0.4 is 10.1 Å². The number of hydrogen-bond acceptors (Lipinski definition) is 3. The van der Waals surface area contributed by atoms with Crippen molar-refractivity contribution in [2.75, 3.05) is 13.7 Å². The predicted octanol–water partition coefficient (Wildman–Crippen LogP) is 4.00. The molecule has 0 saturated carbocycles. The molecule has 5 heteroatoms. The van der Waals surface area contributed by atoms with Crippen LogP contribution in [0.2, 0.25) is 0 Å². The third-order valence-corrected chi connectivity index (χ3v) is 4.35. The summed E-state index contributed by atoms with van der Waals surface area (Å²) in [6.07, 6.45) is 4.01. The summed E-state index contributed by atoms with van der Waals surface area (Å²) < 4.78 is 7.42. The van der Waals surface area contributed by atoms with Crippen LogP contribution in [0.3, 0.4) is 0 Å². The molecule has 0 aliphatic heterocycles. The molecule has 1 amide bonds. The van der Waals surface area contributed by atoms with Gasteiger partial charge in [-0.1, -0.05) is 24.3 Å². The number of imidazole rings is 1. The van der Waals surface area contributed by atoms with Crippen LogP contribution in [-0.4, -0.2) is 29.1 Å². The number of para-hydroxylation sites is 2. The summed E-state index contributed by atoms with van der Waals surface area (Å²) in [6.45, 7) is 4.83. The molecule has 0 radical (unpaired) electrons. The van der Waals surface area contributed by atoms with Crippen molar-refractivity contribution in [2.24, 2.45) is 0 Å². The van der Waals surface area contributed by atoms with E-state index in [1.54, 1.807) is 19.3 Å². The summed E-state index contributed by atoms with van der Waals surface area (Å²) in [5.41, 5.74) is 3.04. The topological polar surface area (TPSA) is 56.1 Å². The second-order valence-corrected chi connectivity index (χ2v) is 6.63. The van der Waals surface area contributed by atoms with Gasteiger partial charge in [-0.05, 0) is 49.8 Å². The first-order valence-corrected chi connectivity index (χ1v) is 9.14. The highest BCUT2D eigenvalue weighted by atomic mass is 16.5. The summed E-state index contributed by atoms with van der Waals surface area (Å²) in [5.74, 6) is 1.64. The highest BCUT2D eigenvalue weighted by molar-refractivity contribution is 5.91. The van der Waals surface area contributed by atoms with E-state index in [0.29, 0.717) is 19.0 Å². The van der Waals surface area contributed by atoms with Crippen molar-refractivity contribution in [3.8, 4) is 5.75 Å². The molecule has 3 aromatic rings. The van der Waals surface area contributed by atoms with Crippen molar-refractivity contribution in [1.29, 1.82) is 0 Å². The van der Waals surface area contributed by atoms with Crippen molar-refractivity contribution in [2.45, 2.75) is 26.3 Å². The van der Waals surface area contributed by atoms with E-state index in [4.69, 9.17) is 9.72 Å². The zero-order chi connectivity index (χ0) is 19.2. The van der Waals surface area contributed by atoms with E-state index in [-0.39, 0.29) is 5.91 Å². The van der Waals surface area contributed by atoms with Crippen LogP contribution in [-0.2, 0) is 11.2 Å². The summed E-state index contributed by atoms with van der Waals surface area (Å²) in [7, 11) is 1.63. The van der Waals surface area contributed by atoms with Gasteiger partial charge in [0.15, 0.2) is 0 Å². The molecule has 0 saturated heterocycles. The molecule has 5 nitrogen and oxygen atoms in total. The molecule has 1 aromatic heterocycles. The third-order valence-electron chi connectivity index (χ3n) is 4.35. The summed E-state index contributed by atoms with van der Waals surface area (Å²) >= 11 is 0. The normalized spacial score (nSPS) is 11.4. The van der Waals surface area contributed by atoms with Gasteiger partial charge in [0.1, 0.15) is 11.6 Å². The first-order chi connectivity index (χ1) is 13.1. The standard InChI is InChI=1S/C22H25N3O2/c1-16(2)25-20-10-5-4-9-19(20)24-21(25)13-14-23-22(26)12-11-17-7-6-8-18(15-17)27-3/h4-12,15-16H,13-14H2,1-3H3,(H,23,26)/b12-11+. The fourth-order valence-electron chi connectivity index (χ4n) is 3.12. The van der Waals surface area contributed by atoms with Crippen LogP contribution in [0.5, 0.6) is 5.75 Å². The Morgan fingerprint density at radius 2 is 2.04 bits per heavy atom. The number of ether oxygens (including phenoxy) is 1. The van der Waals surface area contributed by atoms with Crippen molar-refractivity contribution >= 4 is 23.0 Å². The summed E-state index contributed by atoms with van der Waals surface area (Å²) in [5, 5.41) is 2.93. The number of nitrogens with zero attached hydrogens (tertiary/aromatic N) is 2. The fourth-order valence-corrected chi connectivity index (χ4v) is 3.12. The van der Waals surface area contributed by atoms with E-state index in [1.807, 2.05) is 42.5 Å². The number of carbonyl (C=O) groups excluding carboxylic acids is 1. The zero-order valence-corrected chi connectivity index (χ0v) is 16.0. The smallest absolute Gasteiger partial charge is 0.244 e. The Balaban J connectivity index is 1.61. The van der Waals surface area contributed by atoms with Gasteiger partial charge >= 0.3 is 0 Å². The van der Waals surface area contributed by atoms with Crippen molar-refractivity contribution in [3.05, 3.63) is 66.0 Å². The lowest BCUT2D eigenvalue weighted by atomic mass is 10.2. The molecule has 3 rings (SSSR count). The Kier molecular flexibility index (Phi) is 5.91. The monoisotopic (exact) mass is 363 g/mol. The first kappa shape index (κ1) is 18.7. The van der Waals surface area contributed by atoms with Crippen LogP contribution in [0.25, 0.3) is 17.1 Å². The van der Waals surface area contributed by atoms with Crippen LogP contribution in [0.4, 0.5) is 0 Å². The number of rotatable bonds is 7. The Morgan fingerprint density at radius 1 is 1.22 bits per heavy atom. The molecule has 1 heterocycles. The van der Waals surface area contributed by atoms with Gasteiger partial charge in [-0.2, -0.15) is 0 Å². The Hall–Kier alpha value is -3.08. The first-order valence-electron chi connectivity index (χ1n) is 9.14. The lowest BCUT2D eigenvalue weighted by molar-refractivity contribution is -0.116. The molecule has 0 bridgehead atoms. The lowest BCUT2D eigenvalue weighted by Crippen LogP contribution is -2.24. The molecule has 0 unspecified atom stereocenters. The second-order valence-electron chi connectivity index (χ2n) is 6.63. The maximum Gasteiger partial charge on any atom is 0.244 e. The van der Waals surface area contributed by atoms with E-state index in [1.165, 1.54) is 0 Å².